The first-order valence-corrected chi connectivity index (χ1v) is 11.2. The van der Waals surface area contributed by atoms with Gasteiger partial charge in [-0.3, -0.25) is 4.79 Å². The minimum atomic E-state index is 0.0853. The zero-order chi connectivity index (χ0) is 21.2. The van der Waals surface area contributed by atoms with Gasteiger partial charge in [-0.1, -0.05) is 24.3 Å². The first-order valence-electron chi connectivity index (χ1n) is 11.2. The molecule has 0 saturated carbocycles. The summed E-state index contributed by atoms with van der Waals surface area (Å²) < 4.78 is 13.6. The van der Waals surface area contributed by atoms with Crippen molar-refractivity contribution in [3.05, 3.63) is 59.9 Å². The van der Waals surface area contributed by atoms with Crippen molar-refractivity contribution < 1.29 is 14.3 Å². The number of hydrogen-bond acceptors (Lipinski definition) is 4. The van der Waals surface area contributed by atoms with E-state index < -0.39 is 0 Å². The van der Waals surface area contributed by atoms with Crippen molar-refractivity contribution in [2.24, 2.45) is 0 Å². The molecule has 1 aromatic heterocycles. The summed E-state index contributed by atoms with van der Waals surface area (Å²) >= 11 is 0. The number of benzene rings is 2. The number of methoxy groups -OCH3 is 1. The zero-order valence-electron chi connectivity index (χ0n) is 18.0. The van der Waals surface area contributed by atoms with Gasteiger partial charge in [0.2, 0.25) is 5.91 Å². The molecule has 0 aliphatic carbocycles. The highest BCUT2D eigenvalue weighted by Crippen LogP contribution is 2.35. The van der Waals surface area contributed by atoms with Crippen LogP contribution in [0.3, 0.4) is 0 Å². The number of para-hydroxylation sites is 2. The second-order valence-electron chi connectivity index (χ2n) is 8.47. The van der Waals surface area contributed by atoms with E-state index in [1.807, 2.05) is 35.2 Å². The number of carbonyl (C=O) groups excluding carboxylic acids is 1. The van der Waals surface area contributed by atoms with Crippen LogP contribution < -0.4 is 4.74 Å². The normalized spacial score (nSPS) is 19.8. The number of carbonyl (C=O) groups is 1. The Bertz CT molecular complexity index is 1050. The van der Waals surface area contributed by atoms with Gasteiger partial charge < -0.3 is 18.9 Å². The number of nitrogens with zero attached hydrogens (tertiary/aromatic N) is 3. The summed E-state index contributed by atoms with van der Waals surface area (Å²) in [6.45, 7) is 2.36. The number of ether oxygens (including phenoxy) is 2. The van der Waals surface area contributed by atoms with E-state index in [0.29, 0.717) is 12.5 Å². The predicted octanol–water partition coefficient (Wildman–Crippen LogP) is 4.30. The molecule has 6 nitrogen and oxygen atoms in total. The fraction of sp³-hybridized carbons (Fsp3) is 0.440. The molecular formula is C25H29N3O3. The summed E-state index contributed by atoms with van der Waals surface area (Å²) in [5.74, 6) is 2.06. The van der Waals surface area contributed by atoms with Gasteiger partial charge >= 0.3 is 0 Å². The number of imidazole rings is 1. The fourth-order valence-electron chi connectivity index (χ4n) is 4.86. The third-order valence-corrected chi connectivity index (χ3v) is 6.54. The lowest BCUT2D eigenvalue weighted by atomic mass is 10.0. The summed E-state index contributed by atoms with van der Waals surface area (Å²) in [5, 5.41) is 0. The van der Waals surface area contributed by atoms with Crippen LogP contribution in [-0.4, -0.2) is 47.2 Å². The third-order valence-electron chi connectivity index (χ3n) is 6.54. The molecule has 0 unspecified atom stereocenters. The van der Waals surface area contributed by atoms with Gasteiger partial charge in [-0.15, -0.1) is 0 Å². The maximum Gasteiger partial charge on any atom is 0.226 e. The van der Waals surface area contributed by atoms with Crippen LogP contribution in [0.2, 0.25) is 0 Å². The Labute approximate surface area is 182 Å². The van der Waals surface area contributed by atoms with Crippen molar-refractivity contribution in [1.82, 2.24) is 14.5 Å². The Morgan fingerprint density at radius 3 is 2.58 bits per heavy atom. The monoisotopic (exact) mass is 419 g/mol. The molecule has 1 amide bonds. The summed E-state index contributed by atoms with van der Waals surface area (Å²) in [4.78, 5) is 19.8. The first kappa shape index (κ1) is 20.1. The van der Waals surface area contributed by atoms with Crippen molar-refractivity contribution in [1.29, 1.82) is 0 Å². The highest BCUT2D eigenvalue weighted by molar-refractivity contribution is 5.79. The lowest BCUT2D eigenvalue weighted by molar-refractivity contribution is -0.131. The first-order chi connectivity index (χ1) is 15.2. The van der Waals surface area contributed by atoms with E-state index in [1.165, 1.54) is 5.52 Å². The molecule has 162 valence electrons. The van der Waals surface area contributed by atoms with Crippen molar-refractivity contribution in [2.75, 3.05) is 26.8 Å². The van der Waals surface area contributed by atoms with E-state index in [4.69, 9.17) is 14.5 Å². The molecule has 1 atom stereocenters. The Morgan fingerprint density at radius 1 is 1.10 bits per heavy atom. The molecule has 2 aliphatic rings. The van der Waals surface area contributed by atoms with Crippen LogP contribution >= 0.6 is 0 Å². The SMILES string of the molecule is COc1ccc(CC(=O)N2CCC(n3c([C@H]4CCCO4)nc4ccccc43)CC2)cc1. The average molecular weight is 420 g/mol. The van der Waals surface area contributed by atoms with Gasteiger partial charge in [-0.05, 0) is 55.5 Å². The van der Waals surface area contributed by atoms with Gasteiger partial charge in [-0.2, -0.15) is 0 Å². The number of likely N-dealkylation sites (tertiary alicyclic amines) is 1. The summed E-state index contributed by atoms with van der Waals surface area (Å²) in [5.41, 5.74) is 3.23. The van der Waals surface area contributed by atoms with Crippen LogP contribution in [0.5, 0.6) is 5.75 Å². The zero-order valence-corrected chi connectivity index (χ0v) is 18.0. The van der Waals surface area contributed by atoms with E-state index in [9.17, 15) is 4.79 Å². The molecule has 0 N–H and O–H groups in total. The molecule has 2 aliphatic heterocycles. The lowest BCUT2D eigenvalue weighted by Gasteiger charge is -2.34. The second kappa shape index (κ2) is 8.71. The largest absolute Gasteiger partial charge is 0.497 e. The molecule has 5 rings (SSSR count). The smallest absolute Gasteiger partial charge is 0.226 e. The number of amides is 1. The van der Waals surface area contributed by atoms with Gasteiger partial charge in [-0.25, -0.2) is 4.98 Å². The number of piperidine rings is 1. The molecule has 6 heteroatoms. The van der Waals surface area contributed by atoms with Crippen LogP contribution in [0.25, 0.3) is 11.0 Å². The van der Waals surface area contributed by atoms with E-state index in [-0.39, 0.29) is 12.0 Å². The van der Waals surface area contributed by atoms with Gasteiger partial charge in [0.25, 0.3) is 0 Å². The van der Waals surface area contributed by atoms with Crippen molar-refractivity contribution in [2.45, 2.75) is 44.2 Å². The number of aromatic nitrogens is 2. The molecule has 31 heavy (non-hydrogen) atoms. The van der Waals surface area contributed by atoms with E-state index in [1.54, 1.807) is 7.11 Å². The number of hydrogen-bond donors (Lipinski definition) is 0. The molecule has 2 fully saturated rings. The molecule has 2 saturated heterocycles. The van der Waals surface area contributed by atoms with Gasteiger partial charge in [0.1, 0.15) is 17.7 Å². The van der Waals surface area contributed by atoms with Crippen LogP contribution in [0.1, 0.15) is 49.2 Å². The maximum absolute atomic E-state index is 12.9. The second-order valence-corrected chi connectivity index (χ2v) is 8.47. The Kier molecular flexibility index (Phi) is 5.64. The van der Waals surface area contributed by atoms with Crippen LogP contribution in [0, 0.1) is 0 Å². The molecule has 3 aromatic rings. The Hall–Kier alpha value is -2.86. The molecule has 3 heterocycles. The van der Waals surface area contributed by atoms with Crippen molar-refractivity contribution in [3.63, 3.8) is 0 Å². The molecule has 0 spiro atoms. The van der Waals surface area contributed by atoms with Gasteiger partial charge in [0, 0.05) is 25.7 Å². The van der Waals surface area contributed by atoms with Crippen LogP contribution in [-0.2, 0) is 16.0 Å². The summed E-state index contributed by atoms with van der Waals surface area (Å²) in [7, 11) is 1.65. The predicted molar refractivity (Wildman–Crippen MR) is 119 cm³/mol. The van der Waals surface area contributed by atoms with Crippen molar-refractivity contribution in [3.8, 4) is 5.75 Å². The molecule has 0 bridgehead atoms. The third kappa shape index (κ3) is 4.04. The van der Waals surface area contributed by atoms with Gasteiger partial charge in [0.05, 0.1) is 24.6 Å². The van der Waals surface area contributed by atoms with Crippen LogP contribution in [0.4, 0.5) is 0 Å². The van der Waals surface area contributed by atoms with E-state index >= 15 is 0 Å². The lowest BCUT2D eigenvalue weighted by Crippen LogP contribution is -2.40. The van der Waals surface area contributed by atoms with E-state index in [2.05, 4.69) is 22.8 Å². The topological polar surface area (TPSA) is 56.6 Å². The molecular weight excluding hydrogens is 390 g/mol. The summed E-state index contributed by atoms with van der Waals surface area (Å²) in [6.07, 6.45) is 4.52. The summed E-state index contributed by atoms with van der Waals surface area (Å²) in [6, 6.07) is 16.4. The molecule has 0 radical (unpaired) electrons. The maximum atomic E-state index is 12.9. The van der Waals surface area contributed by atoms with Crippen LogP contribution in [0.15, 0.2) is 48.5 Å². The number of rotatable bonds is 5. The standard InChI is InChI=1S/C25H29N3O3/c1-30-20-10-8-18(9-11-20)17-24(29)27-14-12-19(13-15-27)28-22-6-3-2-5-21(22)26-25(28)23-7-4-16-31-23/h2-3,5-6,8-11,19,23H,4,7,12-17H2,1H3/t23-/m1/s1. The molecule has 2 aromatic carbocycles. The van der Waals surface area contributed by atoms with Crippen molar-refractivity contribution >= 4 is 16.9 Å². The van der Waals surface area contributed by atoms with E-state index in [0.717, 1.165) is 68.0 Å². The quantitative estimate of drug-likeness (QED) is 0.619. The minimum Gasteiger partial charge on any atom is -0.497 e. The number of fused-ring (bicyclic) bond motifs is 1. The Morgan fingerprint density at radius 2 is 1.87 bits per heavy atom. The highest BCUT2D eigenvalue weighted by Gasteiger charge is 2.30. The Balaban J connectivity index is 1.29. The highest BCUT2D eigenvalue weighted by atomic mass is 16.5. The minimum absolute atomic E-state index is 0.0853. The average Bonchev–Trinajstić information content (AvgIpc) is 3.47. The fourth-order valence-corrected chi connectivity index (χ4v) is 4.86. The van der Waals surface area contributed by atoms with Gasteiger partial charge in [0.15, 0.2) is 0 Å².